The van der Waals surface area contributed by atoms with Gasteiger partial charge in [0.05, 0.1) is 25.2 Å². The molecule has 1 amide bonds. The van der Waals surface area contributed by atoms with Crippen molar-refractivity contribution < 1.29 is 13.9 Å². The Morgan fingerprint density at radius 1 is 1.35 bits per heavy atom. The van der Waals surface area contributed by atoms with E-state index in [1.807, 2.05) is 55.4 Å². The third-order valence-electron chi connectivity index (χ3n) is 3.40. The Kier molecular flexibility index (Phi) is 6.55. The highest BCUT2D eigenvalue weighted by atomic mass is 32.2. The Balaban J connectivity index is 1.82. The molecule has 1 atom stereocenters. The van der Waals surface area contributed by atoms with Gasteiger partial charge >= 0.3 is 0 Å². The lowest BCUT2D eigenvalue weighted by atomic mass is 10.2. The lowest BCUT2D eigenvalue weighted by molar-refractivity contribution is -0.118. The second-order valence-electron chi connectivity index (χ2n) is 5.27. The highest BCUT2D eigenvalue weighted by Gasteiger charge is 2.17. The minimum Gasteiger partial charge on any atom is -0.497 e. The fourth-order valence-corrected chi connectivity index (χ4v) is 2.89. The monoisotopic (exact) mass is 334 g/mol. The molecular weight excluding hydrogens is 312 g/mol. The zero-order valence-electron chi connectivity index (χ0n) is 13.6. The number of rotatable bonds is 8. The largest absolute Gasteiger partial charge is 0.497 e. The number of ether oxygens (including phenoxy) is 1. The smallest absolute Gasteiger partial charge is 0.230 e. The van der Waals surface area contributed by atoms with E-state index in [1.165, 1.54) is 11.8 Å². The van der Waals surface area contributed by atoms with Gasteiger partial charge in [0, 0.05) is 11.4 Å². The van der Waals surface area contributed by atoms with Crippen molar-refractivity contribution >= 4 is 17.7 Å². The molecule has 0 aliphatic carbocycles. The predicted molar refractivity (Wildman–Crippen MR) is 91.9 cm³/mol. The van der Waals surface area contributed by atoms with Crippen LogP contribution in [0.1, 0.15) is 11.8 Å². The summed E-state index contributed by atoms with van der Waals surface area (Å²) in [6, 6.07) is 11.5. The molecule has 0 radical (unpaired) electrons. The topological polar surface area (TPSA) is 54.7 Å². The van der Waals surface area contributed by atoms with Crippen molar-refractivity contribution in [2.24, 2.45) is 0 Å². The van der Waals surface area contributed by atoms with Crippen LogP contribution in [0, 0.1) is 0 Å². The molecule has 0 saturated carbocycles. The molecule has 5 nitrogen and oxygen atoms in total. The second-order valence-corrected chi connectivity index (χ2v) is 6.32. The molecule has 1 aromatic heterocycles. The fourth-order valence-electron chi connectivity index (χ4n) is 2.12. The van der Waals surface area contributed by atoms with Gasteiger partial charge in [0.25, 0.3) is 0 Å². The maximum atomic E-state index is 12.1. The number of furan rings is 1. The molecule has 0 spiro atoms. The molecule has 0 aliphatic heterocycles. The zero-order chi connectivity index (χ0) is 16.7. The SMILES string of the molecule is COc1cccc(SCC(=O)NCC(c2ccco2)N(C)C)c1. The van der Waals surface area contributed by atoms with Gasteiger partial charge in [-0.05, 0) is 44.4 Å². The van der Waals surface area contributed by atoms with Crippen LogP contribution in [0.3, 0.4) is 0 Å². The first-order valence-corrected chi connectivity index (χ1v) is 8.32. The zero-order valence-corrected chi connectivity index (χ0v) is 14.4. The highest BCUT2D eigenvalue weighted by molar-refractivity contribution is 8.00. The average Bonchev–Trinajstić information content (AvgIpc) is 3.07. The quantitative estimate of drug-likeness (QED) is 0.752. The van der Waals surface area contributed by atoms with Gasteiger partial charge in [-0.25, -0.2) is 0 Å². The normalized spacial score (nSPS) is 12.2. The first-order valence-electron chi connectivity index (χ1n) is 7.33. The van der Waals surface area contributed by atoms with Gasteiger partial charge in [-0.2, -0.15) is 0 Å². The number of carbonyl (C=O) groups is 1. The molecule has 0 aliphatic rings. The summed E-state index contributed by atoms with van der Waals surface area (Å²) >= 11 is 1.49. The maximum absolute atomic E-state index is 12.1. The van der Waals surface area contributed by atoms with E-state index < -0.39 is 0 Å². The van der Waals surface area contributed by atoms with E-state index in [0.29, 0.717) is 12.3 Å². The van der Waals surface area contributed by atoms with Crippen molar-refractivity contribution in [3.8, 4) is 5.75 Å². The van der Waals surface area contributed by atoms with Crippen LogP contribution < -0.4 is 10.1 Å². The Morgan fingerprint density at radius 2 is 2.17 bits per heavy atom. The van der Waals surface area contributed by atoms with Crippen LogP contribution in [0.2, 0.25) is 0 Å². The molecule has 23 heavy (non-hydrogen) atoms. The van der Waals surface area contributed by atoms with E-state index in [-0.39, 0.29) is 11.9 Å². The summed E-state index contributed by atoms with van der Waals surface area (Å²) in [7, 11) is 5.56. The molecule has 0 fully saturated rings. The average molecular weight is 334 g/mol. The summed E-state index contributed by atoms with van der Waals surface area (Å²) in [6.45, 7) is 0.512. The van der Waals surface area contributed by atoms with Gasteiger partial charge in [0.2, 0.25) is 5.91 Å². The van der Waals surface area contributed by atoms with E-state index in [9.17, 15) is 4.79 Å². The van der Waals surface area contributed by atoms with Crippen molar-refractivity contribution in [3.63, 3.8) is 0 Å². The summed E-state index contributed by atoms with van der Waals surface area (Å²) < 4.78 is 10.6. The molecule has 2 rings (SSSR count). The van der Waals surface area contributed by atoms with Gasteiger partial charge in [-0.1, -0.05) is 6.07 Å². The Labute approximate surface area is 141 Å². The number of nitrogens with zero attached hydrogens (tertiary/aromatic N) is 1. The third-order valence-corrected chi connectivity index (χ3v) is 4.39. The summed E-state index contributed by atoms with van der Waals surface area (Å²) in [5.74, 6) is 2.00. The Hall–Kier alpha value is -1.92. The van der Waals surface area contributed by atoms with Gasteiger partial charge < -0.3 is 14.5 Å². The molecule has 0 bridgehead atoms. The van der Waals surface area contributed by atoms with E-state index in [1.54, 1.807) is 13.4 Å². The number of carbonyl (C=O) groups excluding carboxylic acids is 1. The van der Waals surface area contributed by atoms with Gasteiger partial charge in [-0.3, -0.25) is 9.69 Å². The van der Waals surface area contributed by atoms with E-state index in [4.69, 9.17) is 9.15 Å². The van der Waals surface area contributed by atoms with Gasteiger partial charge in [0.1, 0.15) is 11.5 Å². The number of methoxy groups -OCH3 is 1. The lowest BCUT2D eigenvalue weighted by Gasteiger charge is -2.22. The predicted octanol–water partition coefficient (Wildman–Crippen LogP) is 2.80. The van der Waals surface area contributed by atoms with Crippen LogP contribution in [0.25, 0.3) is 0 Å². The highest BCUT2D eigenvalue weighted by Crippen LogP contribution is 2.22. The fraction of sp³-hybridized carbons (Fsp3) is 0.353. The standard InChI is InChI=1S/C17H22N2O3S/c1-19(2)15(16-8-5-9-22-16)11-18-17(20)12-23-14-7-4-6-13(10-14)21-3/h4-10,15H,11-12H2,1-3H3,(H,18,20). The maximum Gasteiger partial charge on any atom is 0.230 e. The molecular formula is C17H22N2O3S. The molecule has 1 aromatic carbocycles. The summed E-state index contributed by atoms with van der Waals surface area (Å²) in [5, 5.41) is 2.96. The number of likely N-dealkylation sites (N-methyl/N-ethyl adjacent to an activating group) is 1. The lowest BCUT2D eigenvalue weighted by Crippen LogP contribution is -2.35. The van der Waals surface area contributed by atoms with Crippen LogP contribution >= 0.6 is 11.8 Å². The molecule has 1 unspecified atom stereocenters. The van der Waals surface area contributed by atoms with E-state index in [2.05, 4.69) is 5.32 Å². The van der Waals surface area contributed by atoms with Gasteiger partial charge in [0.15, 0.2) is 0 Å². The first kappa shape index (κ1) is 17.4. The van der Waals surface area contributed by atoms with E-state index >= 15 is 0 Å². The van der Waals surface area contributed by atoms with Crippen molar-refractivity contribution in [2.45, 2.75) is 10.9 Å². The number of amides is 1. The number of benzene rings is 1. The van der Waals surface area contributed by atoms with Gasteiger partial charge in [-0.15, -0.1) is 11.8 Å². The van der Waals surface area contributed by atoms with Crippen molar-refractivity contribution in [1.29, 1.82) is 0 Å². The number of hydrogen-bond donors (Lipinski definition) is 1. The van der Waals surface area contributed by atoms with Crippen molar-refractivity contribution in [1.82, 2.24) is 10.2 Å². The van der Waals surface area contributed by atoms with Crippen LogP contribution in [-0.4, -0.2) is 44.3 Å². The Bertz CT molecular complexity index is 614. The molecule has 0 saturated heterocycles. The van der Waals surface area contributed by atoms with Crippen LogP contribution in [-0.2, 0) is 4.79 Å². The van der Waals surface area contributed by atoms with Crippen LogP contribution in [0.5, 0.6) is 5.75 Å². The number of hydrogen-bond acceptors (Lipinski definition) is 5. The number of nitrogens with one attached hydrogen (secondary N) is 1. The second kappa shape index (κ2) is 8.64. The molecule has 1 heterocycles. The van der Waals surface area contributed by atoms with Crippen LogP contribution in [0.4, 0.5) is 0 Å². The Morgan fingerprint density at radius 3 is 2.83 bits per heavy atom. The minimum atomic E-state index is -0.00349. The van der Waals surface area contributed by atoms with E-state index in [0.717, 1.165) is 16.4 Å². The molecule has 2 aromatic rings. The van der Waals surface area contributed by atoms with Crippen molar-refractivity contribution in [3.05, 3.63) is 48.4 Å². The summed E-state index contributed by atoms with van der Waals surface area (Å²) in [6.07, 6.45) is 1.65. The third kappa shape index (κ3) is 5.33. The minimum absolute atomic E-state index is 0.00349. The number of thioether (sulfide) groups is 1. The molecule has 6 heteroatoms. The summed E-state index contributed by atoms with van der Waals surface area (Å²) in [4.78, 5) is 15.1. The van der Waals surface area contributed by atoms with Crippen molar-refractivity contribution in [2.75, 3.05) is 33.5 Å². The van der Waals surface area contributed by atoms with Crippen LogP contribution in [0.15, 0.2) is 52.0 Å². The summed E-state index contributed by atoms with van der Waals surface area (Å²) in [5.41, 5.74) is 0. The molecule has 124 valence electrons. The first-order chi connectivity index (χ1) is 11.1. The molecule has 1 N–H and O–H groups in total.